The number of hydrogen-bond donors (Lipinski definition) is 0. The van der Waals surface area contributed by atoms with Crippen molar-refractivity contribution in [3.05, 3.63) is 53.3 Å². The highest BCUT2D eigenvalue weighted by Gasteiger charge is 2.18. The Morgan fingerprint density at radius 3 is 2.59 bits per heavy atom. The first kappa shape index (κ1) is 14.9. The van der Waals surface area contributed by atoms with Crippen molar-refractivity contribution in [2.75, 3.05) is 7.11 Å². The minimum absolute atomic E-state index is 0.130. The van der Waals surface area contributed by atoms with E-state index in [1.807, 2.05) is 32.2 Å². The van der Waals surface area contributed by atoms with Gasteiger partial charge >= 0.3 is 0 Å². The van der Waals surface area contributed by atoms with Crippen molar-refractivity contribution < 1.29 is 4.74 Å². The number of hydrogen-bond acceptors (Lipinski definition) is 2. The van der Waals surface area contributed by atoms with Crippen LogP contribution in [0.3, 0.4) is 0 Å². The van der Waals surface area contributed by atoms with Crippen molar-refractivity contribution >= 4 is 17.2 Å². The maximum absolute atomic E-state index is 6.43. The van der Waals surface area contributed by atoms with Crippen molar-refractivity contribution in [2.24, 2.45) is 0 Å². The van der Waals surface area contributed by atoms with Crippen molar-refractivity contribution in [3.63, 3.8) is 0 Å². The molecule has 2 aromatic heterocycles. The van der Waals surface area contributed by atoms with Crippen molar-refractivity contribution in [2.45, 2.75) is 26.1 Å². The van der Waals surface area contributed by atoms with Crippen molar-refractivity contribution in [1.29, 1.82) is 0 Å². The van der Waals surface area contributed by atoms with Gasteiger partial charge in [0.25, 0.3) is 0 Å². The molecule has 3 rings (SSSR count). The molecular weight excluding hydrogens is 296 g/mol. The molecule has 3 aromatic rings. The Kier molecular flexibility index (Phi) is 3.83. The third kappa shape index (κ3) is 2.46. The number of fused-ring (bicyclic) bond motifs is 1. The molecule has 1 atom stereocenters. The molecule has 0 saturated heterocycles. The van der Waals surface area contributed by atoms with E-state index < -0.39 is 0 Å². The molecule has 2 heterocycles. The van der Waals surface area contributed by atoms with Gasteiger partial charge in [0, 0.05) is 11.8 Å². The summed E-state index contributed by atoms with van der Waals surface area (Å²) in [6.45, 7) is 6.08. The summed E-state index contributed by atoms with van der Waals surface area (Å²) in [5, 5.41) is -0.130. The summed E-state index contributed by atoms with van der Waals surface area (Å²) < 4.78 is 7.41. The van der Waals surface area contributed by atoms with Crippen molar-refractivity contribution in [1.82, 2.24) is 9.38 Å². The van der Waals surface area contributed by atoms with Crippen LogP contribution in [0.25, 0.3) is 16.9 Å². The lowest BCUT2D eigenvalue weighted by molar-refractivity contribution is 0.412. The van der Waals surface area contributed by atoms with E-state index >= 15 is 0 Å². The van der Waals surface area contributed by atoms with Crippen LogP contribution in [0.15, 0.2) is 36.5 Å². The molecule has 0 amide bonds. The van der Waals surface area contributed by atoms with Crippen LogP contribution in [0.1, 0.15) is 29.1 Å². The molecule has 0 radical (unpaired) electrons. The highest BCUT2D eigenvalue weighted by molar-refractivity contribution is 6.20. The molecule has 0 aliphatic heterocycles. The molecule has 0 bridgehead atoms. The molecule has 114 valence electrons. The van der Waals surface area contributed by atoms with Crippen LogP contribution in [0.4, 0.5) is 0 Å². The van der Waals surface area contributed by atoms with E-state index in [2.05, 4.69) is 29.5 Å². The van der Waals surface area contributed by atoms with Crippen LogP contribution >= 0.6 is 11.6 Å². The molecule has 0 aliphatic carbocycles. The normalized spacial score (nSPS) is 12.6. The fourth-order valence-corrected chi connectivity index (χ4v) is 2.99. The number of halogens is 1. The minimum Gasteiger partial charge on any atom is -0.496 e. The number of pyridine rings is 1. The first-order valence-electron chi connectivity index (χ1n) is 7.29. The number of rotatable bonds is 3. The van der Waals surface area contributed by atoms with Crippen LogP contribution in [0.2, 0.25) is 0 Å². The summed E-state index contributed by atoms with van der Waals surface area (Å²) in [7, 11) is 1.68. The number of ether oxygens (including phenoxy) is 1. The lowest BCUT2D eigenvalue weighted by Crippen LogP contribution is -1.96. The second-order valence-electron chi connectivity index (χ2n) is 5.58. The van der Waals surface area contributed by atoms with Crippen LogP contribution in [0, 0.1) is 13.8 Å². The first-order valence-corrected chi connectivity index (χ1v) is 7.72. The van der Waals surface area contributed by atoms with Gasteiger partial charge < -0.3 is 9.14 Å². The third-order valence-corrected chi connectivity index (χ3v) is 4.07. The molecule has 0 spiro atoms. The Morgan fingerprint density at radius 2 is 1.95 bits per heavy atom. The molecule has 22 heavy (non-hydrogen) atoms. The van der Waals surface area contributed by atoms with E-state index in [9.17, 15) is 0 Å². The highest BCUT2D eigenvalue weighted by atomic mass is 35.5. The number of nitrogens with zero attached hydrogens (tertiary/aromatic N) is 2. The molecule has 1 aromatic carbocycles. The summed E-state index contributed by atoms with van der Waals surface area (Å²) in [5.41, 5.74) is 6.19. The number of alkyl halides is 1. The second kappa shape index (κ2) is 5.65. The van der Waals surface area contributed by atoms with Gasteiger partial charge in [-0.15, -0.1) is 11.6 Å². The third-order valence-electron chi connectivity index (χ3n) is 3.86. The first-order chi connectivity index (χ1) is 10.5. The van der Waals surface area contributed by atoms with E-state index in [1.165, 1.54) is 5.56 Å². The molecule has 0 saturated carbocycles. The average molecular weight is 315 g/mol. The Hall–Kier alpha value is -2.00. The van der Waals surface area contributed by atoms with Gasteiger partial charge in [0.2, 0.25) is 0 Å². The van der Waals surface area contributed by atoms with Gasteiger partial charge in [0.1, 0.15) is 11.4 Å². The van der Waals surface area contributed by atoms with Gasteiger partial charge in [-0.05, 0) is 62.2 Å². The van der Waals surface area contributed by atoms with E-state index in [4.69, 9.17) is 21.3 Å². The zero-order valence-corrected chi connectivity index (χ0v) is 14.0. The van der Waals surface area contributed by atoms with Crippen LogP contribution in [-0.2, 0) is 0 Å². The fourth-order valence-electron chi connectivity index (χ4n) is 2.78. The van der Waals surface area contributed by atoms with E-state index in [1.54, 1.807) is 7.11 Å². The molecule has 4 heteroatoms. The van der Waals surface area contributed by atoms with Gasteiger partial charge in [0.05, 0.1) is 23.9 Å². The quantitative estimate of drug-likeness (QED) is 0.641. The SMILES string of the molecule is COc1ccc(-c2nc3cc(C)ccn3c2C(C)Cl)cc1C. The smallest absolute Gasteiger partial charge is 0.137 e. The lowest BCUT2D eigenvalue weighted by Gasteiger charge is -2.09. The topological polar surface area (TPSA) is 26.5 Å². The number of aromatic nitrogens is 2. The summed E-state index contributed by atoms with van der Waals surface area (Å²) in [4.78, 5) is 4.80. The Bertz CT molecular complexity index is 836. The summed E-state index contributed by atoms with van der Waals surface area (Å²) >= 11 is 6.43. The maximum atomic E-state index is 6.43. The van der Waals surface area contributed by atoms with Crippen LogP contribution < -0.4 is 4.74 Å². The number of imidazole rings is 1. The lowest BCUT2D eigenvalue weighted by atomic mass is 10.1. The molecule has 3 nitrogen and oxygen atoms in total. The van der Waals surface area contributed by atoms with Crippen molar-refractivity contribution in [3.8, 4) is 17.0 Å². The molecule has 0 aliphatic rings. The summed E-state index contributed by atoms with van der Waals surface area (Å²) in [5.74, 6) is 0.879. The summed E-state index contributed by atoms with van der Waals surface area (Å²) in [6, 6.07) is 10.2. The van der Waals surface area contributed by atoms with Gasteiger partial charge in [0.15, 0.2) is 0 Å². The van der Waals surface area contributed by atoms with Gasteiger partial charge in [-0.3, -0.25) is 0 Å². The van der Waals surface area contributed by atoms with E-state index in [-0.39, 0.29) is 5.38 Å². The fraction of sp³-hybridized carbons (Fsp3) is 0.278. The standard InChI is InChI=1S/C18H19ClN2O/c1-11-7-8-21-16(9-11)20-17(18(21)13(3)19)14-5-6-15(22-4)12(2)10-14/h5-10,13H,1-4H3. The summed E-state index contributed by atoms with van der Waals surface area (Å²) in [6.07, 6.45) is 2.03. The minimum atomic E-state index is -0.130. The van der Waals surface area contributed by atoms with Crippen LogP contribution in [0.5, 0.6) is 5.75 Å². The largest absolute Gasteiger partial charge is 0.496 e. The zero-order chi connectivity index (χ0) is 15.9. The molecular formula is C18H19ClN2O. The van der Waals surface area contributed by atoms with Crippen LogP contribution in [-0.4, -0.2) is 16.5 Å². The average Bonchev–Trinajstić information content (AvgIpc) is 2.85. The highest BCUT2D eigenvalue weighted by Crippen LogP contribution is 2.34. The van der Waals surface area contributed by atoms with E-state index in [0.29, 0.717) is 0 Å². The Labute approximate surface area is 135 Å². The second-order valence-corrected chi connectivity index (χ2v) is 6.23. The molecule has 1 unspecified atom stereocenters. The van der Waals surface area contributed by atoms with Gasteiger partial charge in [-0.1, -0.05) is 0 Å². The number of methoxy groups -OCH3 is 1. The van der Waals surface area contributed by atoms with Gasteiger partial charge in [-0.25, -0.2) is 4.98 Å². The Morgan fingerprint density at radius 1 is 1.18 bits per heavy atom. The number of aryl methyl sites for hydroxylation is 2. The maximum Gasteiger partial charge on any atom is 0.137 e. The zero-order valence-electron chi connectivity index (χ0n) is 13.2. The monoisotopic (exact) mass is 314 g/mol. The van der Waals surface area contributed by atoms with E-state index in [0.717, 1.165) is 33.9 Å². The molecule has 0 N–H and O–H groups in total. The Balaban J connectivity index is 2.25. The van der Waals surface area contributed by atoms with Gasteiger partial charge in [-0.2, -0.15) is 0 Å². The molecule has 0 fully saturated rings. The number of benzene rings is 1. The predicted octanol–water partition coefficient (Wildman–Crippen LogP) is 4.93. The predicted molar refractivity (Wildman–Crippen MR) is 90.9 cm³/mol.